The van der Waals surface area contributed by atoms with Crippen LogP contribution >= 0.6 is 0 Å². The molecule has 2 rings (SSSR count). The summed E-state index contributed by atoms with van der Waals surface area (Å²) in [5.74, 6) is 1.92. The zero-order valence-electron chi connectivity index (χ0n) is 10.9. The molecule has 2 saturated carbocycles. The Bertz CT molecular complexity index is 241. The van der Waals surface area contributed by atoms with E-state index in [1.807, 2.05) is 0 Å². The second kappa shape index (κ2) is 4.66. The molecule has 5 atom stereocenters. The van der Waals surface area contributed by atoms with Crippen molar-refractivity contribution in [1.82, 2.24) is 0 Å². The highest BCUT2D eigenvalue weighted by Crippen LogP contribution is 2.57. The SMILES string of the molecule is COCC(C)C1CCC2C(O)CCCC12C. The Labute approximate surface area is 99.4 Å². The number of aliphatic hydroxyl groups excluding tert-OH is 1. The van der Waals surface area contributed by atoms with Gasteiger partial charge >= 0.3 is 0 Å². The largest absolute Gasteiger partial charge is 0.393 e. The van der Waals surface area contributed by atoms with E-state index >= 15 is 0 Å². The van der Waals surface area contributed by atoms with E-state index < -0.39 is 0 Å². The minimum Gasteiger partial charge on any atom is -0.393 e. The maximum atomic E-state index is 10.1. The van der Waals surface area contributed by atoms with Crippen molar-refractivity contribution in [1.29, 1.82) is 0 Å². The number of hydrogen-bond donors (Lipinski definition) is 1. The Balaban J connectivity index is 2.11. The normalized spacial score (nSPS) is 45.4. The molecule has 0 amide bonds. The predicted molar refractivity (Wildman–Crippen MR) is 65.2 cm³/mol. The van der Waals surface area contributed by atoms with Gasteiger partial charge in [0.25, 0.3) is 0 Å². The zero-order chi connectivity index (χ0) is 11.8. The van der Waals surface area contributed by atoms with Gasteiger partial charge in [-0.1, -0.05) is 20.3 Å². The van der Waals surface area contributed by atoms with Gasteiger partial charge in [0.1, 0.15) is 0 Å². The average molecular weight is 226 g/mol. The third kappa shape index (κ3) is 1.91. The van der Waals surface area contributed by atoms with Gasteiger partial charge in [-0.05, 0) is 48.9 Å². The van der Waals surface area contributed by atoms with Crippen LogP contribution in [-0.2, 0) is 4.74 Å². The van der Waals surface area contributed by atoms with Crippen LogP contribution in [0.1, 0.15) is 46.0 Å². The first kappa shape index (κ1) is 12.4. The van der Waals surface area contributed by atoms with Crippen LogP contribution < -0.4 is 0 Å². The van der Waals surface area contributed by atoms with Crippen LogP contribution in [0.2, 0.25) is 0 Å². The summed E-state index contributed by atoms with van der Waals surface area (Å²) in [7, 11) is 1.79. The molecule has 94 valence electrons. The van der Waals surface area contributed by atoms with Gasteiger partial charge < -0.3 is 9.84 Å². The van der Waals surface area contributed by atoms with Crippen LogP contribution in [0.3, 0.4) is 0 Å². The molecule has 0 spiro atoms. The van der Waals surface area contributed by atoms with Crippen molar-refractivity contribution in [3.63, 3.8) is 0 Å². The highest BCUT2D eigenvalue weighted by molar-refractivity contribution is 5.01. The van der Waals surface area contributed by atoms with E-state index in [0.29, 0.717) is 17.3 Å². The standard InChI is InChI=1S/C14H26O2/c1-10(9-16-3)11-6-7-12-13(15)5-4-8-14(11,12)2/h10-13,15H,4-9H2,1-3H3. The number of hydrogen-bond acceptors (Lipinski definition) is 2. The molecule has 16 heavy (non-hydrogen) atoms. The van der Waals surface area contributed by atoms with Crippen LogP contribution in [0.25, 0.3) is 0 Å². The van der Waals surface area contributed by atoms with E-state index in [1.54, 1.807) is 7.11 Å². The van der Waals surface area contributed by atoms with Gasteiger partial charge in [-0.3, -0.25) is 0 Å². The summed E-state index contributed by atoms with van der Waals surface area (Å²) in [4.78, 5) is 0. The molecule has 2 heteroatoms. The van der Waals surface area contributed by atoms with E-state index in [9.17, 15) is 5.11 Å². The molecule has 0 aromatic carbocycles. The number of rotatable bonds is 3. The summed E-state index contributed by atoms with van der Waals surface area (Å²) in [5.41, 5.74) is 0.371. The number of ether oxygens (including phenoxy) is 1. The van der Waals surface area contributed by atoms with Crippen LogP contribution in [0.5, 0.6) is 0 Å². The molecule has 2 nitrogen and oxygen atoms in total. The summed E-state index contributed by atoms with van der Waals surface area (Å²) in [6.45, 7) is 5.58. The van der Waals surface area contributed by atoms with Gasteiger partial charge in [-0.2, -0.15) is 0 Å². The molecule has 1 N–H and O–H groups in total. The monoisotopic (exact) mass is 226 g/mol. The smallest absolute Gasteiger partial charge is 0.0573 e. The third-order valence-corrected chi connectivity index (χ3v) is 5.28. The topological polar surface area (TPSA) is 29.5 Å². The van der Waals surface area contributed by atoms with Crippen LogP contribution in [0.15, 0.2) is 0 Å². The van der Waals surface area contributed by atoms with Crippen LogP contribution in [-0.4, -0.2) is 24.9 Å². The number of aliphatic hydroxyl groups is 1. The maximum absolute atomic E-state index is 10.1. The van der Waals surface area contributed by atoms with Gasteiger partial charge in [-0.25, -0.2) is 0 Å². The van der Waals surface area contributed by atoms with Crippen molar-refractivity contribution in [2.75, 3.05) is 13.7 Å². The Hall–Kier alpha value is -0.0800. The summed E-state index contributed by atoms with van der Waals surface area (Å²) >= 11 is 0. The van der Waals surface area contributed by atoms with Crippen molar-refractivity contribution < 1.29 is 9.84 Å². The van der Waals surface area contributed by atoms with E-state index in [4.69, 9.17) is 4.74 Å². The summed E-state index contributed by atoms with van der Waals surface area (Å²) in [5, 5.41) is 10.1. The average Bonchev–Trinajstić information content (AvgIpc) is 2.57. The quantitative estimate of drug-likeness (QED) is 0.802. The second-order valence-electron chi connectivity index (χ2n) is 6.19. The van der Waals surface area contributed by atoms with E-state index in [0.717, 1.165) is 18.9 Å². The molecule has 0 bridgehead atoms. The van der Waals surface area contributed by atoms with Gasteiger partial charge in [-0.15, -0.1) is 0 Å². The molecule has 0 saturated heterocycles. The lowest BCUT2D eigenvalue weighted by Crippen LogP contribution is -2.42. The molecule has 0 aliphatic heterocycles. The van der Waals surface area contributed by atoms with E-state index in [2.05, 4.69) is 13.8 Å². The van der Waals surface area contributed by atoms with E-state index in [-0.39, 0.29) is 6.10 Å². The first-order chi connectivity index (χ1) is 7.59. The Morgan fingerprint density at radius 3 is 2.81 bits per heavy atom. The fraction of sp³-hybridized carbons (Fsp3) is 1.00. The lowest BCUT2D eigenvalue weighted by molar-refractivity contribution is -0.0344. The number of fused-ring (bicyclic) bond motifs is 1. The predicted octanol–water partition coefficient (Wildman–Crippen LogP) is 2.85. The lowest BCUT2D eigenvalue weighted by atomic mass is 9.62. The van der Waals surface area contributed by atoms with Gasteiger partial charge in [0.15, 0.2) is 0 Å². The first-order valence-corrected chi connectivity index (χ1v) is 6.76. The highest BCUT2D eigenvalue weighted by atomic mass is 16.5. The molecular formula is C14H26O2. The minimum absolute atomic E-state index is 0.0431. The minimum atomic E-state index is -0.0431. The van der Waals surface area contributed by atoms with Gasteiger partial charge in [0, 0.05) is 13.7 Å². The molecule has 2 aliphatic rings. The van der Waals surface area contributed by atoms with Crippen LogP contribution in [0.4, 0.5) is 0 Å². The van der Waals surface area contributed by atoms with E-state index in [1.165, 1.54) is 25.7 Å². The fourth-order valence-corrected chi connectivity index (χ4v) is 4.50. The molecular weight excluding hydrogens is 200 g/mol. The molecule has 5 unspecified atom stereocenters. The lowest BCUT2D eigenvalue weighted by Gasteiger charge is -2.45. The van der Waals surface area contributed by atoms with Crippen molar-refractivity contribution in [3.05, 3.63) is 0 Å². The third-order valence-electron chi connectivity index (χ3n) is 5.28. The maximum Gasteiger partial charge on any atom is 0.0573 e. The summed E-state index contributed by atoms with van der Waals surface area (Å²) in [6.07, 6.45) is 5.97. The first-order valence-electron chi connectivity index (χ1n) is 6.76. The zero-order valence-corrected chi connectivity index (χ0v) is 10.9. The van der Waals surface area contributed by atoms with Crippen molar-refractivity contribution in [2.24, 2.45) is 23.2 Å². The molecule has 0 aromatic heterocycles. The molecule has 2 fully saturated rings. The fourth-order valence-electron chi connectivity index (χ4n) is 4.50. The summed E-state index contributed by atoms with van der Waals surface area (Å²) in [6, 6.07) is 0. The number of methoxy groups -OCH3 is 1. The molecule has 0 heterocycles. The summed E-state index contributed by atoms with van der Waals surface area (Å²) < 4.78 is 5.31. The molecule has 2 aliphatic carbocycles. The molecule has 0 radical (unpaired) electrons. The highest BCUT2D eigenvalue weighted by Gasteiger charge is 2.52. The molecule has 0 aromatic rings. The Morgan fingerprint density at radius 1 is 1.38 bits per heavy atom. The van der Waals surface area contributed by atoms with Crippen molar-refractivity contribution in [3.8, 4) is 0 Å². The van der Waals surface area contributed by atoms with Gasteiger partial charge in [0.05, 0.1) is 6.10 Å². The Kier molecular flexibility index (Phi) is 3.60. The van der Waals surface area contributed by atoms with Gasteiger partial charge in [0.2, 0.25) is 0 Å². The van der Waals surface area contributed by atoms with Crippen molar-refractivity contribution in [2.45, 2.75) is 52.1 Å². The van der Waals surface area contributed by atoms with Crippen molar-refractivity contribution >= 4 is 0 Å². The second-order valence-corrected chi connectivity index (χ2v) is 6.19. The van der Waals surface area contributed by atoms with Crippen LogP contribution in [0, 0.1) is 23.2 Å². The Morgan fingerprint density at radius 2 is 2.12 bits per heavy atom.